The first-order valence-corrected chi connectivity index (χ1v) is 8.34. The first-order valence-electron chi connectivity index (χ1n) is 7.97. The van der Waals surface area contributed by atoms with Crippen molar-refractivity contribution in [1.82, 2.24) is 10.2 Å². The van der Waals surface area contributed by atoms with E-state index in [4.69, 9.17) is 11.6 Å². The number of rotatable bonds is 6. The van der Waals surface area contributed by atoms with Gasteiger partial charge in [-0.1, -0.05) is 24.6 Å². The number of piperidine rings is 1. The molecule has 0 amide bonds. The maximum absolute atomic E-state index is 13.0. The van der Waals surface area contributed by atoms with E-state index in [1.54, 1.807) is 6.07 Å². The second-order valence-corrected chi connectivity index (χ2v) is 6.63. The Kier molecular flexibility index (Phi) is 6.46. The first-order chi connectivity index (χ1) is 10.1. The average molecular weight is 313 g/mol. The van der Waals surface area contributed by atoms with Crippen molar-refractivity contribution in [1.29, 1.82) is 0 Å². The van der Waals surface area contributed by atoms with Crippen LogP contribution in [0.15, 0.2) is 18.2 Å². The van der Waals surface area contributed by atoms with Gasteiger partial charge in [-0.15, -0.1) is 0 Å². The molecule has 2 nitrogen and oxygen atoms in total. The molecular formula is C17H26ClFN2. The lowest BCUT2D eigenvalue weighted by Gasteiger charge is -2.30. The fraction of sp³-hybridized carbons (Fsp3) is 0.647. The van der Waals surface area contributed by atoms with Crippen LogP contribution in [0.5, 0.6) is 0 Å². The van der Waals surface area contributed by atoms with Crippen molar-refractivity contribution in [2.24, 2.45) is 5.92 Å². The van der Waals surface area contributed by atoms with E-state index in [0.29, 0.717) is 5.02 Å². The maximum Gasteiger partial charge on any atom is 0.124 e. The van der Waals surface area contributed by atoms with Crippen molar-refractivity contribution < 1.29 is 4.39 Å². The number of nitrogens with one attached hydrogen (secondary N) is 1. The van der Waals surface area contributed by atoms with Gasteiger partial charge in [-0.2, -0.15) is 0 Å². The quantitative estimate of drug-likeness (QED) is 0.790. The molecular weight excluding hydrogens is 287 g/mol. The van der Waals surface area contributed by atoms with Gasteiger partial charge in [0.25, 0.3) is 0 Å². The largest absolute Gasteiger partial charge is 0.310 e. The van der Waals surface area contributed by atoms with Crippen molar-refractivity contribution in [3.63, 3.8) is 0 Å². The van der Waals surface area contributed by atoms with Gasteiger partial charge in [-0.05, 0) is 76.0 Å². The first kappa shape index (κ1) is 16.7. The van der Waals surface area contributed by atoms with Crippen LogP contribution in [-0.2, 0) is 0 Å². The van der Waals surface area contributed by atoms with Gasteiger partial charge in [0.2, 0.25) is 0 Å². The summed E-state index contributed by atoms with van der Waals surface area (Å²) in [5, 5.41) is 3.97. The number of likely N-dealkylation sites (tertiary alicyclic amines) is 1. The van der Waals surface area contributed by atoms with E-state index >= 15 is 0 Å². The predicted molar refractivity (Wildman–Crippen MR) is 87.3 cm³/mol. The van der Waals surface area contributed by atoms with E-state index in [-0.39, 0.29) is 11.9 Å². The Hall–Kier alpha value is -0.640. The van der Waals surface area contributed by atoms with Crippen LogP contribution in [0.1, 0.15) is 44.7 Å². The Morgan fingerprint density at radius 2 is 2.10 bits per heavy atom. The Labute approximate surface area is 132 Å². The molecule has 0 saturated carbocycles. The molecule has 2 rings (SSSR count). The van der Waals surface area contributed by atoms with Crippen LogP contribution in [0.25, 0.3) is 0 Å². The summed E-state index contributed by atoms with van der Waals surface area (Å²) < 4.78 is 13.0. The van der Waals surface area contributed by atoms with Gasteiger partial charge in [0.15, 0.2) is 0 Å². The Bertz CT molecular complexity index is 444. The molecule has 1 heterocycles. The molecule has 0 spiro atoms. The molecule has 1 N–H and O–H groups in total. The molecule has 4 heteroatoms. The van der Waals surface area contributed by atoms with E-state index in [2.05, 4.69) is 24.1 Å². The molecule has 1 aromatic carbocycles. The summed E-state index contributed by atoms with van der Waals surface area (Å²) in [5.41, 5.74) is 0.963. The second-order valence-electron chi connectivity index (χ2n) is 6.22. The SMILES string of the molecule is CC1CCN(CCCNC(C)c2ccc(F)cc2Cl)CC1. The summed E-state index contributed by atoms with van der Waals surface area (Å²) in [6, 6.07) is 4.76. The fourth-order valence-corrected chi connectivity index (χ4v) is 3.20. The maximum atomic E-state index is 13.0. The van der Waals surface area contributed by atoms with Gasteiger partial charge >= 0.3 is 0 Å². The molecule has 118 valence electrons. The lowest BCUT2D eigenvalue weighted by atomic mass is 9.99. The van der Waals surface area contributed by atoms with Crippen LogP contribution in [0.4, 0.5) is 4.39 Å². The van der Waals surface area contributed by atoms with Crippen LogP contribution in [0, 0.1) is 11.7 Å². The molecule has 1 fully saturated rings. The molecule has 1 saturated heterocycles. The van der Waals surface area contributed by atoms with E-state index in [9.17, 15) is 4.39 Å². The summed E-state index contributed by atoms with van der Waals surface area (Å²) in [6.45, 7) is 9.00. The number of halogens is 2. The minimum absolute atomic E-state index is 0.152. The van der Waals surface area contributed by atoms with Crippen molar-refractivity contribution in [3.05, 3.63) is 34.6 Å². The Balaban J connectivity index is 1.68. The predicted octanol–water partition coefficient (Wildman–Crippen LogP) is 4.25. The number of hydrogen-bond acceptors (Lipinski definition) is 2. The number of benzene rings is 1. The van der Waals surface area contributed by atoms with Crippen molar-refractivity contribution in [2.45, 2.75) is 39.2 Å². The third-order valence-electron chi connectivity index (χ3n) is 4.41. The third kappa shape index (κ3) is 5.24. The smallest absolute Gasteiger partial charge is 0.124 e. The number of nitrogens with zero attached hydrogens (tertiary/aromatic N) is 1. The van der Waals surface area contributed by atoms with E-state index in [0.717, 1.165) is 31.0 Å². The van der Waals surface area contributed by atoms with E-state index in [1.807, 2.05) is 0 Å². The molecule has 0 aromatic heterocycles. The van der Waals surface area contributed by atoms with Crippen LogP contribution in [-0.4, -0.2) is 31.1 Å². The summed E-state index contributed by atoms with van der Waals surface area (Å²) in [7, 11) is 0. The van der Waals surface area contributed by atoms with Gasteiger partial charge in [0, 0.05) is 11.1 Å². The lowest BCUT2D eigenvalue weighted by molar-refractivity contribution is 0.190. The Morgan fingerprint density at radius 1 is 1.38 bits per heavy atom. The highest BCUT2D eigenvalue weighted by atomic mass is 35.5. The molecule has 1 aliphatic heterocycles. The van der Waals surface area contributed by atoms with Crippen LogP contribution >= 0.6 is 11.6 Å². The highest BCUT2D eigenvalue weighted by Crippen LogP contribution is 2.23. The standard InChI is InChI=1S/C17H26ClFN2/c1-13-6-10-21(11-7-13)9-3-8-20-14(2)16-5-4-15(19)12-17(16)18/h4-5,12-14,20H,3,6-11H2,1-2H3. The van der Waals surface area contributed by atoms with E-state index < -0.39 is 0 Å². The van der Waals surface area contributed by atoms with Gasteiger partial charge in [0.05, 0.1) is 0 Å². The zero-order valence-electron chi connectivity index (χ0n) is 13.0. The molecule has 1 aliphatic rings. The van der Waals surface area contributed by atoms with Crippen molar-refractivity contribution in [2.75, 3.05) is 26.2 Å². The summed E-state index contributed by atoms with van der Waals surface area (Å²) in [5.74, 6) is 0.607. The van der Waals surface area contributed by atoms with Crippen LogP contribution in [0.2, 0.25) is 5.02 Å². The molecule has 0 radical (unpaired) electrons. The monoisotopic (exact) mass is 312 g/mol. The third-order valence-corrected chi connectivity index (χ3v) is 4.73. The summed E-state index contributed by atoms with van der Waals surface area (Å²) in [4.78, 5) is 2.55. The zero-order valence-corrected chi connectivity index (χ0v) is 13.8. The minimum Gasteiger partial charge on any atom is -0.310 e. The normalized spacial score (nSPS) is 18.9. The number of hydrogen-bond donors (Lipinski definition) is 1. The van der Waals surface area contributed by atoms with Gasteiger partial charge in [-0.25, -0.2) is 4.39 Å². The lowest BCUT2D eigenvalue weighted by Crippen LogP contribution is -2.35. The van der Waals surface area contributed by atoms with Gasteiger partial charge in [0.1, 0.15) is 5.82 Å². The highest BCUT2D eigenvalue weighted by molar-refractivity contribution is 6.31. The van der Waals surface area contributed by atoms with Gasteiger partial charge < -0.3 is 10.2 Å². The molecule has 0 bridgehead atoms. The average Bonchev–Trinajstić information content (AvgIpc) is 2.45. The zero-order chi connectivity index (χ0) is 15.2. The topological polar surface area (TPSA) is 15.3 Å². The van der Waals surface area contributed by atoms with Crippen LogP contribution < -0.4 is 5.32 Å². The Morgan fingerprint density at radius 3 is 2.76 bits per heavy atom. The second kappa shape index (κ2) is 8.11. The van der Waals surface area contributed by atoms with Crippen molar-refractivity contribution >= 4 is 11.6 Å². The summed E-state index contributed by atoms with van der Waals surface area (Å²) in [6.07, 6.45) is 3.79. The molecule has 21 heavy (non-hydrogen) atoms. The molecule has 1 atom stereocenters. The van der Waals surface area contributed by atoms with E-state index in [1.165, 1.54) is 38.1 Å². The fourth-order valence-electron chi connectivity index (χ4n) is 2.87. The van der Waals surface area contributed by atoms with Gasteiger partial charge in [-0.3, -0.25) is 0 Å². The molecule has 1 unspecified atom stereocenters. The highest BCUT2D eigenvalue weighted by Gasteiger charge is 2.15. The van der Waals surface area contributed by atoms with Crippen LogP contribution in [0.3, 0.4) is 0 Å². The molecule has 0 aliphatic carbocycles. The summed E-state index contributed by atoms with van der Waals surface area (Å²) >= 11 is 6.08. The van der Waals surface area contributed by atoms with Crippen molar-refractivity contribution in [3.8, 4) is 0 Å². The minimum atomic E-state index is -0.282. The molecule has 1 aromatic rings.